The van der Waals surface area contributed by atoms with Crippen molar-refractivity contribution in [2.45, 2.75) is 38.5 Å². The SMILES string of the molecule is O=C(CCCS(=O)CC1CCCC1)c1cccs1. The highest BCUT2D eigenvalue weighted by atomic mass is 32.2. The molecule has 0 bridgehead atoms. The predicted octanol–water partition coefficient (Wildman–Crippen LogP) is 3.65. The van der Waals surface area contributed by atoms with Crippen LogP contribution < -0.4 is 0 Å². The Morgan fingerprint density at radius 1 is 1.39 bits per heavy atom. The van der Waals surface area contributed by atoms with Gasteiger partial charge in [0, 0.05) is 28.7 Å². The van der Waals surface area contributed by atoms with Crippen LogP contribution in [0.1, 0.15) is 48.2 Å². The van der Waals surface area contributed by atoms with Crippen LogP contribution in [0, 0.1) is 5.92 Å². The summed E-state index contributed by atoms with van der Waals surface area (Å²) in [5, 5.41) is 1.92. The van der Waals surface area contributed by atoms with Gasteiger partial charge in [-0.2, -0.15) is 0 Å². The van der Waals surface area contributed by atoms with Crippen molar-refractivity contribution in [3.8, 4) is 0 Å². The molecule has 0 aliphatic heterocycles. The van der Waals surface area contributed by atoms with E-state index < -0.39 is 10.8 Å². The van der Waals surface area contributed by atoms with E-state index in [0.29, 0.717) is 18.1 Å². The number of rotatable bonds is 7. The third kappa shape index (κ3) is 4.32. The molecule has 0 aromatic carbocycles. The summed E-state index contributed by atoms with van der Waals surface area (Å²) in [5.74, 6) is 2.42. The van der Waals surface area contributed by atoms with E-state index in [1.807, 2.05) is 17.5 Å². The van der Waals surface area contributed by atoms with Crippen LogP contribution in [0.15, 0.2) is 17.5 Å². The zero-order valence-electron chi connectivity index (χ0n) is 10.6. The fourth-order valence-electron chi connectivity index (χ4n) is 2.48. The molecule has 0 radical (unpaired) electrons. The second kappa shape index (κ2) is 7.19. The van der Waals surface area contributed by atoms with Gasteiger partial charge in [0.1, 0.15) is 0 Å². The van der Waals surface area contributed by atoms with Crippen LogP contribution in [-0.4, -0.2) is 21.5 Å². The van der Waals surface area contributed by atoms with Crippen LogP contribution in [0.25, 0.3) is 0 Å². The third-order valence-corrected chi connectivity index (χ3v) is 5.97. The molecule has 1 fully saturated rings. The monoisotopic (exact) mass is 284 g/mol. The van der Waals surface area contributed by atoms with E-state index in [4.69, 9.17) is 0 Å². The van der Waals surface area contributed by atoms with Crippen LogP contribution in [-0.2, 0) is 10.8 Å². The van der Waals surface area contributed by atoms with Gasteiger partial charge in [0.25, 0.3) is 0 Å². The molecule has 100 valence electrons. The Bertz CT molecular complexity index is 392. The molecule has 2 nitrogen and oxygen atoms in total. The molecule has 0 spiro atoms. The van der Waals surface area contributed by atoms with E-state index in [-0.39, 0.29) is 5.78 Å². The minimum atomic E-state index is -0.722. The normalized spacial score (nSPS) is 18.0. The number of carbonyl (C=O) groups excluding carboxylic acids is 1. The highest BCUT2D eigenvalue weighted by Gasteiger charge is 2.17. The highest BCUT2D eigenvalue weighted by molar-refractivity contribution is 7.84. The van der Waals surface area contributed by atoms with E-state index in [0.717, 1.165) is 17.1 Å². The lowest BCUT2D eigenvalue weighted by Crippen LogP contribution is -2.11. The number of thiophene rings is 1. The second-order valence-corrected chi connectivity index (χ2v) is 7.53. The van der Waals surface area contributed by atoms with Gasteiger partial charge in [-0.05, 0) is 36.6 Å². The lowest BCUT2D eigenvalue weighted by atomic mass is 10.1. The molecule has 0 saturated heterocycles. The van der Waals surface area contributed by atoms with E-state index in [9.17, 15) is 9.00 Å². The smallest absolute Gasteiger partial charge is 0.172 e. The molecule has 1 heterocycles. The highest BCUT2D eigenvalue weighted by Crippen LogP contribution is 2.25. The van der Waals surface area contributed by atoms with E-state index in [2.05, 4.69) is 0 Å². The van der Waals surface area contributed by atoms with Crippen molar-refractivity contribution in [2.24, 2.45) is 5.92 Å². The van der Waals surface area contributed by atoms with Crippen LogP contribution >= 0.6 is 11.3 Å². The summed E-state index contributed by atoms with van der Waals surface area (Å²) in [6, 6.07) is 3.76. The Labute approximate surface area is 115 Å². The fourth-order valence-corrected chi connectivity index (χ4v) is 4.66. The van der Waals surface area contributed by atoms with Crippen LogP contribution in [0.5, 0.6) is 0 Å². The Balaban J connectivity index is 1.62. The first-order valence-corrected chi connectivity index (χ1v) is 9.04. The largest absolute Gasteiger partial charge is 0.293 e. The molecule has 1 atom stereocenters. The summed E-state index contributed by atoms with van der Waals surface area (Å²) in [5.41, 5.74) is 0. The van der Waals surface area contributed by atoms with Gasteiger partial charge in [-0.1, -0.05) is 18.9 Å². The number of carbonyl (C=O) groups is 1. The average Bonchev–Trinajstić information content (AvgIpc) is 3.00. The van der Waals surface area contributed by atoms with Crippen molar-refractivity contribution in [2.75, 3.05) is 11.5 Å². The molecule has 2 rings (SSSR count). The number of ketones is 1. The van der Waals surface area contributed by atoms with Crippen molar-refractivity contribution in [1.29, 1.82) is 0 Å². The minimum Gasteiger partial charge on any atom is -0.293 e. The molecular weight excluding hydrogens is 264 g/mol. The molecule has 0 amide bonds. The van der Waals surface area contributed by atoms with Gasteiger partial charge in [0.2, 0.25) is 0 Å². The van der Waals surface area contributed by atoms with Gasteiger partial charge < -0.3 is 0 Å². The predicted molar refractivity (Wildman–Crippen MR) is 77.7 cm³/mol. The Hall–Kier alpha value is -0.480. The Morgan fingerprint density at radius 2 is 2.17 bits per heavy atom. The molecule has 1 aromatic rings. The number of hydrogen-bond acceptors (Lipinski definition) is 3. The fraction of sp³-hybridized carbons (Fsp3) is 0.643. The first kappa shape index (κ1) is 13.9. The standard InChI is InChI=1S/C14H20O2S2/c15-13(14-8-3-9-17-14)7-4-10-18(16)11-12-5-1-2-6-12/h3,8-9,12H,1-2,4-7,10-11H2. The van der Waals surface area contributed by atoms with Gasteiger partial charge in [0.15, 0.2) is 5.78 Å². The molecule has 1 aliphatic rings. The summed E-state index contributed by atoms with van der Waals surface area (Å²) in [7, 11) is -0.722. The summed E-state index contributed by atoms with van der Waals surface area (Å²) >= 11 is 1.49. The number of Topliss-reactive ketones (excluding diaryl/α,β-unsaturated/α-hetero) is 1. The molecule has 4 heteroatoms. The second-order valence-electron chi connectivity index (χ2n) is 4.97. The van der Waals surface area contributed by atoms with E-state index in [1.54, 1.807) is 0 Å². The summed E-state index contributed by atoms with van der Waals surface area (Å²) in [4.78, 5) is 12.6. The average molecular weight is 284 g/mol. The maximum absolute atomic E-state index is 11.9. The van der Waals surface area contributed by atoms with Crippen molar-refractivity contribution >= 4 is 27.9 Å². The van der Waals surface area contributed by atoms with Crippen LogP contribution in [0.3, 0.4) is 0 Å². The van der Waals surface area contributed by atoms with Crippen LogP contribution in [0.2, 0.25) is 0 Å². The third-order valence-electron chi connectivity index (χ3n) is 3.47. The summed E-state index contributed by atoms with van der Waals surface area (Å²) in [6.07, 6.45) is 6.41. The van der Waals surface area contributed by atoms with Crippen molar-refractivity contribution in [3.63, 3.8) is 0 Å². The molecule has 1 aliphatic carbocycles. The lowest BCUT2D eigenvalue weighted by Gasteiger charge is -2.07. The maximum atomic E-state index is 11.9. The van der Waals surface area contributed by atoms with Crippen molar-refractivity contribution in [1.82, 2.24) is 0 Å². The Kier molecular flexibility index (Phi) is 5.57. The van der Waals surface area contributed by atoms with Crippen molar-refractivity contribution < 1.29 is 9.00 Å². The van der Waals surface area contributed by atoms with Gasteiger partial charge >= 0.3 is 0 Å². The molecule has 1 aromatic heterocycles. The van der Waals surface area contributed by atoms with E-state index >= 15 is 0 Å². The maximum Gasteiger partial charge on any atom is 0.172 e. The van der Waals surface area contributed by atoms with Gasteiger partial charge in [0.05, 0.1) is 4.88 Å². The topological polar surface area (TPSA) is 34.1 Å². The van der Waals surface area contributed by atoms with Gasteiger partial charge in [-0.3, -0.25) is 9.00 Å². The molecule has 0 N–H and O–H groups in total. The van der Waals surface area contributed by atoms with Crippen LogP contribution in [0.4, 0.5) is 0 Å². The minimum absolute atomic E-state index is 0.197. The van der Waals surface area contributed by atoms with E-state index in [1.165, 1.54) is 37.0 Å². The van der Waals surface area contributed by atoms with Crippen molar-refractivity contribution in [3.05, 3.63) is 22.4 Å². The number of hydrogen-bond donors (Lipinski definition) is 0. The Morgan fingerprint density at radius 3 is 2.83 bits per heavy atom. The van der Waals surface area contributed by atoms with Gasteiger partial charge in [-0.15, -0.1) is 11.3 Å². The zero-order valence-corrected chi connectivity index (χ0v) is 12.2. The lowest BCUT2D eigenvalue weighted by molar-refractivity contribution is 0.0986. The molecule has 1 saturated carbocycles. The summed E-state index contributed by atoms with van der Waals surface area (Å²) in [6.45, 7) is 0. The zero-order chi connectivity index (χ0) is 12.8. The first-order valence-electron chi connectivity index (χ1n) is 6.67. The molecule has 18 heavy (non-hydrogen) atoms. The van der Waals surface area contributed by atoms with Gasteiger partial charge in [-0.25, -0.2) is 0 Å². The summed E-state index contributed by atoms with van der Waals surface area (Å²) < 4.78 is 11.9. The molecular formula is C14H20O2S2. The molecule has 1 unspecified atom stereocenters. The quantitative estimate of drug-likeness (QED) is 0.716. The first-order chi connectivity index (χ1) is 8.75.